The molecule has 0 saturated heterocycles. The number of aromatic nitrogens is 2. The number of hydrogen-bond acceptors (Lipinski definition) is 3. The number of amides is 1. The van der Waals surface area contributed by atoms with Crippen LogP contribution in [0.25, 0.3) is 0 Å². The lowest BCUT2D eigenvalue weighted by molar-refractivity contribution is -0.116. The van der Waals surface area contributed by atoms with Gasteiger partial charge < -0.3 is 10.6 Å². The Morgan fingerprint density at radius 2 is 2.30 bits per heavy atom. The topological polar surface area (TPSA) is 59.0 Å². The molecule has 1 aromatic carbocycles. The second kappa shape index (κ2) is 5.00. The highest BCUT2D eigenvalue weighted by Gasteiger charge is 2.24. The Morgan fingerprint density at radius 3 is 3.05 bits per heavy atom. The van der Waals surface area contributed by atoms with Gasteiger partial charge in [-0.25, -0.2) is 0 Å². The number of para-hydroxylation sites is 1. The molecule has 2 heterocycles. The summed E-state index contributed by atoms with van der Waals surface area (Å²) in [4.78, 5) is 12.2. The van der Waals surface area contributed by atoms with Crippen molar-refractivity contribution in [1.82, 2.24) is 9.78 Å². The van der Waals surface area contributed by atoms with E-state index in [-0.39, 0.29) is 11.8 Å². The average Bonchev–Trinajstić information content (AvgIpc) is 2.94. The highest BCUT2D eigenvalue weighted by molar-refractivity contribution is 5.90. The summed E-state index contributed by atoms with van der Waals surface area (Å²) >= 11 is 0. The number of hydrogen-bond donors (Lipinski definition) is 2. The molecule has 5 heteroatoms. The largest absolute Gasteiger partial charge is 0.384 e. The quantitative estimate of drug-likeness (QED) is 0.899. The van der Waals surface area contributed by atoms with Crippen molar-refractivity contribution in [3.8, 4) is 0 Å². The van der Waals surface area contributed by atoms with E-state index in [1.54, 1.807) is 4.68 Å². The minimum Gasteiger partial charge on any atom is -0.384 e. The van der Waals surface area contributed by atoms with Crippen LogP contribution in [0.4, 0.5) is 11.5 Å². The van der Waals surface area contributed by atoms with Crippen LogP contribution in [0.3, 0.4) is 0 Å². The van der Waals surface area contributed by atoms with E-state index in [0.717, 1.165) is 23.7 Å². The molecule has 1 aliphatic heterocycles. The van der Waals surface area contributed by atoms with Gasteiger partial charge in [0.2, 0.25) is 5.91 Å². The highest BCUT2D eigenvalue weighted by Crippen LogP contribution is 2.33. The monoisotopic (exact) mass is 270 g/mol. The van der Waals surface area contributed by atoms with Crippen molar-refractivity contribution in [2.75, 3.05) is 17.2 Å². The molecule has 0 fully saturated rings. The van der Waals surface area contributed by atoms with Gasteiger partial charge in [-0.15, -0.1) is 0 Å². The van der Waals surface area contributed by atoms with E-state index < -0.39 is 0 Å². The van der Waals surface area contributed by atoms with Gasteiger partial charge in [-0.1, -0.05) is 18.2 Å². The van der Waals surface area contributed by atoms with E-state index in [1.807, 2.05) is 32.2 Å². The normalized spacial score (nSPS) is 16.6. The number of anilines is 2. The van der Waals surface area contributed by atoms with Crippen LogP contribution in [-0.2, 0) is 11.8 Å². The first-order chi connectivity index (χ1) is 9.63. The summed E-state index contributed by atoms with van der Waals surface area (Å²) in [6.45, 7) is 2.73. The van der Waals surface area contributed by atoms with Crippen LogP contribution in [0.15, 0.2) is 30.3 Å². The number of aryl methyl sites for hydroxylation is 2. The number of benzene rings is 1. The van der Waals surface area contributed by atoms with Crippen LogP contribution < -0.4 is 10.6 Å². The summed E-state index contributed by atoms with van der Waals surface area (Å²) in [6, 6.07) is 10.0. The summed E-state index contributed by atoms with van der Waals surface area (Å²) in [5.41, 5.74) is 3.26. The van der Waals surface area contributed by atoms with E-state index in [9.17, 15) is 4.79 Å². The van der Waals surface area contributed by atoms with Gasteiger partial charge in [-0.05, 0) is 18.6 Å². The molecule has 0 spiro atoms. The minimum absolute atomic E-state index is 0.0245. The molecule has 5 nitrogen and oxygen atoms in total. The predicted octanol–water partition coefficient (Wildman–Crippen LogP) is 2.27. The lowest BCUT2D eigenvalue weighted by Gasteiger charge is -2.10. The van der Waals surface area contributed by atoms with E-state index in [1.165, 1.54) is 5.56 Å². The van der Waals surface area contributed by atoms with Crippen LogP contribution in [-0.4, -0.2) is 22.2 Å². The highest BCUT2D eigenvalue weighted by atomic mass is 16.1. The predicted molar refractivity (Wildman–Crippen MR) is 78.9 cm³/mol. The molecule has 2 N–H and O–H groups in total. The molecule has 1 aromatic heterocycles. The Hall–Kier alpha value is -2.30. The number of carbonyl (C=O) groups is 1. The Kier molecular flexibility index (Phi) is 3.18. The zero-order valence-electron chi connectivity index (χ0n) is 11.7. The molecular formula is C15H18N4O. The first-order valence-corrected chi connectivity index (χ1v) is 6.77. The van der Waals surface area contributed by atoms with E-state index in [2.05, 4.69) is 27.9 Å². The van der Waals surface area contributed by atoms with Crippen molar-refractivity contribution in [3.05, 3.63) is 41.6 Å². The zero-order valence-corrected chi connectivity index (χ0v) is 11.7. The summed E-state index contributed by atoms with van der Waals surface area (Å²) in [5.74, 6) is 1.00. The molecule has 3 rings (SSSR count). The van der Waals surface area contributed by atoms with Crippen molar-refractivity contribution in [1.29, 1.82) is 0 Å². The number of fused-ring (bicyclic) bond motifs is 1. The maximum absolute atomic E-state index is 12.2. The average molecular weight is 270 g/mol. The SMILES string of the molecule is Cc1cc(NC(=O)CC2CNc3ccccc32)n(C)n1. The molecule has 104 valence electrons. The fourth-order valence-electron chi connectivity index (χ4n) is 2.68. The Labute approximate surface area is 118 Å². The van der Waals surface area contributed by atoms with Crippen LogP contribution >= 0.6 is 0 Å². The maximum Gasteiger partial charge on any atom is 0.226 e. The molecule has 1 amide bonds. The first-order valence-electron chi connectivity index (χ1n) is 6.77. The molecule has 0 saturated carbocycles. The van der Waals surface area contributed by atoms with Crippen molar-refractivity contribution < 1.29 is 4.79 Å². The fourth-order valence-corrected chi connectivity index (χ4v) is 2.68. The van der Waals surface area contributed by atoms with E-state index in [0.29, 0.717) is 6.42 Å². The second-order valence-electron chi connectivity index (χ2n) is 5.21. The standard InChI is InChI=1S/C15H18N4O/c1-10-7-14(19(2)18-10)17-15(20)8-11-9-16-13-6-4-3-5-12(11)13/h3-7,11,16H,8-9H2,1-2H3,(H,17,20). The first kappa shape index (κ1) is 12.7. The number of carbonyl (C=O) groups excluding carboxylic acids is 1. The Morgan fingerprint density at radius 1 is 1.50 bits per heavy atom. The van der Waals surface area contributed by atoms with E-state index in [4.69, 9.17) is 0 Å². The van der Waals surface area contributed by atoms with Crippen molar-refractivity contribution >= 4 is 17.4 Å². The summed E-state index contributed by atoms with van der Waals surface area (Å²) < 4.78 is 1.69. The van der Waals surface area contributed by atoms with Gasteiger partial charge in [0.25, 0.3) is 0 Å². The summed E-state index contributed by atoms with van der Waals surface area (Å²) in [7, 11) is 1.83. The molecule has 1 unspecified atom stereocenters. The molecule has 20 heavy (non-hydrogen) atoms. The van der Waals surface area contributed by atoms with Crippen molar-refractivity contribution in [2.45, 2.75) is 19.3 Å². The number of rotatable bonds is 3. The van der Waals surface area contributed by atoms with Crippen LogP contribution in [0, 0.1) is 6.92 Å². The molecule has 0 radical (unpaired) electrons. The van der Waals surface area contributed by atoms with Gasteiger partial charge in [0.15, 0.2) is 0 Å². The van der Waals surface area contributed by atoms with Gasteiger partial charge in [-0.2, -0.15) is 5.10 Å². The molecule has 2 aromatic rings. The minimum atomic E-state index is 0.0245. The van der Waals surface area contributed by atoms with Crippen LogP contribution in [0.1, 0.15) is 23.6 Å². The maximum atomic E-state index is 12.2. The zero-order chi connectivity index (χ0) is 14.1. The lowest BCUT2D eigenvalue weighted by atomic mass is 9.97. The molecule has 0 aliphatic carbocycles. The third kappa shape index (κ3) is 2.39. The van der Waals surface area contributed by atoms with E-state index >= 15 is 0 Å². The Bertz CT molecular complexity index is 647. The molecule has 1 atom stereocenters. The van der Waals surface area contributed by atoms with Crippen LogP contribution in [0.5, 0.6) is 0 Å². The lowest BCUT2D eigenvalue weighted by Crippen LogP contribution is -2.18. The van der Waals surface area contributed by atoms with Gasteiger partial charge >= 0.3 is 0 Å². The summed E-state index contributed by atoms with van der Waals surface area (Å²) in [6.07, 6.45) is 0.480. The van der Waals surface area contributed by atoms with Gasteiger partial charge in [-0.3, -0.25) is 9.48 Å². The smallest absolute Gasteiger partial charge is 0.226 e. The number of nitrogens with zero attached hydrogens (tertiary/aromatic N) is 2. The molecule has 0 bridgehead atoms. The molecular weight excluding hydrogens is 252 g/mol. The van der Waals surface area contributed by atoms with Crippen molar-refractivity contribution in [2.24, 2.45) is 7.05 Å². The molecule has 1 aliphatic rings. The second-order valence-corrected chi connectivity index (χ2v) is 5.21. The van der Waals surface area contributed by atoms with Gasteiger partial charge in [0.05, 0.1) is 5.69 Å². The Balaban J connectivity index is 1.67. The van der Waals surface area contributed by atoms with Gasteiger partial charge in [0, 0.05) is 37.7 Å². The third-order valence-corrected chi connectivity index (χ3v) is 3.64. The summed E-state index contributed by atoms with van der Waals surface area (Å²) in [5, 5.41) is 10.5. The van der Waals surface area contributed by atoms with Crippen LogP contribution in [0.2, 0.25) is 0 Å². The number of nitrogens with one attached hydrogen (secondary N) is 2. The van der Waals surface area contributed by atoms with Gasteiger partial charge in [0.1, 0.15) is 5.82 Å². The van der Waals surface area contributed by atoms with Crippen molar-refractivity contribution in [3.63, 3.8) is 0 Å². The fraction of sp³-hybridized carbons (Fsp3) is 0.333. The third-order valence-electron chi connectivity index (χ3n) is 3.64.